The first-order chi connectivity index (χ1) is 11.7. The van der Waals surface area contributed by atoms with Gasteiger partial charge in [-0.25, -0.2) is 4.98 Å². The minimum Gasteiger partial charge on any atom is -0.268 e. The first-order valence-corrected chi connectivity index (χ1v) is 8.65. The zero-order chi connectivity index (χ0) is 16.5. The first-order valence-electron chi connectivity index (χ1n) is 7.57. The van der Waals surface area contributed by atoms with E-state index in [1.165, 1.54) is 0 Å². The summed E-state index contributed by atoms with van der Waals surface area (Å²) in [6, 6.07) is 25.2. The molecule has 0 fully saturated rings. The second-order valence-electron chi connectivity index (χ2n) is 5.44. The quantitative estimate of drug-likeness (QED) is 0.439. The predicted octanol–water partition coefficient (Wildman–Crippen LogP) is 4.66. The Balaban J connectivity index is 2.11. The maximum atomic E-state index is 13.1. The summed E-state index contributed by atoms with van der Waals surface area (Å²) in [6.45, 7) is 0. The molecular formula is C20H13IN2O. The molecule has 0 spiro atoms. The van der Waals surface area contributed by atoms with Crippen molar-refractivity contribution in [3.63, 3.8) is 0 Å². The van der Waals surface area contributed by atoms with Gasteiger partial charge in [0.1, 0.15) is 5.82 Å². The summed E-state index contributed by atoms with van der Waals surface area (Å²) in [5.41, 5.74) is 2.39. The highest BCUT2D eigenvalue weighted by molar-refractivity contribution is 14.1. The lowest BCUT2D eigenvalue weighted by molar-refractivity contribution is 0.975. The second kappa shape index (κ2) is 6.20. The van der Waals surface area contributed by atoms with Gasteiger partial charge in [0.15, 0.2) is 0 Å². The third-order valence-corrected chi connectivity index (χ3v) is 4.61. The molecule has 0 aliphatic heterocycles. The van der Waals surface area contributed by atoms with Crippen LogP contribution in [0.4, 0.5) is 0 Å². The van der Waals surface area contributed by atoms with Crippen molar-refractivity contribution in [2.24, 2.45) is 0 Å². The van der Waals surface area contributed by atoms with Crippen molar-refractivity contribution in [2.45, 2.75) is 0 Å². The van der Waals surface area contributed by atoms with Gasteiger partial charge in [-0.3, -0.25) is 9.36 Å². The van der Waals surface area contributed by atoms with Gasteiger partial charge >= 0.3 is 0 Å². The summed E-state index contributed by atoms with van der Waals surface area (Å²) in [5, 5.41) is 0.621. The molecule has 0 atom stereocenters. The summed E-state index contributed by atoms with van der Waals surface area (Å²) in [5.74, 6) is 0.653. The number of rotatable bonds is 2. The Hall–Kier alpha value is -2.47. The average molecular weight is 424 g/mol. The molecule has 4 heteroatoms. The lowest BCUT2D eigenvalue weighted by Crippen LogP contribution is -2.21. The van der Waals surface area contributed by atoms with Crippen molar-refractivity contribution in [3.8, 4) is 17.1 Å². The Bertz CT molecular complexity index is 1070. The fourth-order valence-corrected chi connectivity index (χ4v) is 3.10. The molecule has 24 heavy (non-hydrogen) atoms. The second-order valence-corrected chi connectivity index (χ2v) is 6.68. The molecule has 1 aromatic heterocycles. The van der Waals surface area contributed by atoms with Gasteiger partial charge in [-0.05, 0) is 59.0 Å². The zero-order valence-electron chi connectivity index (χ0n) is 12.7. The monoisotopic (exact) mass is 424 g/mol. The summed E-state index contributed by atoms with van der Waals surface area (Å²) < 4.78 is 2.81. The molecule has 0 amide bonds. The van der Waals surface area contributed by atoms with Crippen LogP contribution in [0, 0.1) is 3.57 Å². The van der Waals surface area contributed by atoms with Gasteiger partial charge in [-0.2, -0.15) is 0 Å². The largest absolute Gasteiger partial charge is 0.268 e. The van der Waals surface area contributed by atoms with E-state index in [2.05, 4.69) is 22.6 Å². The molecule has 0 aliphatic rings. The Morgan fingerprint density at radius 1 is 0.792 bits per heavy atom. The number of benzene rings is 3. The number of aromatic nitrogens is 2. The molecule has 0 saturated heterocycles. The molecule has 116 valence electrons. The Morgan fingerprint density at radius 3 is 2.21 bits per heavy atom. The molecule has 3 nitrogen and oxygen atoms in total. The topological polar surface area (TPSA) is 34.9 Å². The van der Waals surface area contributed by atoms with E-state index in [0.29, 0.717) is 16.7 Å². The van der Waals surface area contributed by atoms with Gasteiger partial charge in [0.25, 0.3) is 5.56 Å². The smallest absolute Gasteiger partial charge is 0.266 e. The van der Waals surface area contributed by atoms with E-state index in [-0.39, 0.29) is 5.56 Å². The number of fused-ring (bicyclic) bond motifs is 1. The maximum Gasteiger partial charge on any atom is 0.266 e. The Kier molecular flexibility index (Phi) is 3.90. The molecular weight excluding hydrogens is 411 g/mol. The molecule has 0 aliphatic carbocycles. The average Bonchev–Trinajstić information content (AvgIpc) is 2.63. The molecule has 4 rings (SSSR count). The van der Waals surface area contributed by atoms with Crippen molar-refractivity contribution < 1.29 is 0 Å². The molecule has 0 bridgehead atoms. The van der Waals surface area contributed by atoms with Crippen LogP contribution in [0.25, 0.3) is 28.0 Å². The van der Waals surface area contributed by atoms with Crippen LogP contribution in [0.3, 0.4) is 0 Å². The number of hydrogen-bond acceptors (Lipinski definition) is 2. The lowest BCUT2D eigenvalue weighted by Gasteiger charge is -2.14. The van der Waals surface area contributed by atoms with Gasteiger partial charge in [-0.15, -0.1) is 0 Å². The van der Waals surface area contributed by atoms with Crippen LogP contribution in [0.5, 0.6) is 0 Å². The minimum atomic E-state index is -0.0549. The van der Waals surface area contributed by atoms with E-state index in [9.17, 15) is 4.79 Å². The standard InChI is InChI=1S/C20H13IN2O/c21-15-10-12-16(13-11-15)23-19(14-6-2-1-3-7-14)22-18-9-5-4-8-17(18)20(23)24/h1-13H. The molecule has 4 aromatic rings. The van der Waals surface area contributed by atoms with Gasteiger partial charge in [0.05, 0.1) is 16.6 Å². The van der Waals surface area contributed by atoms with Crippen LogP contribution in [-0.4, -0.2) is 9.55 Å². The predicted molar refractivity (Wildman–Crippen MR) is 105 cm³/mol. The molecule has 0 N–H and O–H groups in total. The van der Waals surface area contributed by atoms with Crippen LogP contribution in [0.15, 0.2) is 83.7 Å². The van der Waals surface area contributed by atoms with E-state index in [1.54, 1.807) is 4.57 Å². The van der Waals surface area contributed by atoms with Crippen molar-refractivity contribution in [2.75, 3.05) is 0 Å². The van der Waals surface area contributed by atoms with Crippen LogP contribution in [0.1, 0.15) is 0 Å². The number of para-hydroxylation sites is 1. The van der Waals surface area contributed by atoms with Crippen LogP contribution >= 0.6 is 22.6 Å². The molecule has 0 radical (unpaired) electrons. The Labute approximate surface area is 152 Å². The highest BCUT2D eigenvalue weighted by Crippen LogP contribution is 2.22. The third-order valence-electron chi connectivity index (χ3n) is 3.89. The third kappa shape index (κ3) is 2.63. The van der Waals surface area contributed by atoms with E-state index >= 15 is 0 Å². The summed E-state index contributed by atoms with van der Waals surface area (Å²) in [6.07, 6.45) is 0. The van der Waals surface area contributed by atoms with Crippen molar-refractivity contribution >= 4 is 33.5 Å². The first kappa shape index (κ1) is 15.1. The summed E-state index contributed by atoms with van der Waals surface area (Å²) in [7, 11) is 0. The highest BCUT2D eigenvalue weighted by Gasteiger charge is 2.13. The van der Waals surface area contributed by atoms with E-state index in [1.807, 2.05) is 78.9 Å². The lowest BCUT2D eigenvalue weighted by atomic mass is 10.1. The Morgan fingerprint density at radius 2 is 1.46 bits per heavy atom. The fraction of sp³-hybridized carbons (Fsp3) is 0. The van der Waals surface area contributed by atoms with E-state index in [0.717, 1.165) is 14.8 Å². The van der Waals surface area contributed by atoms with Crippen molar-refractivity contribution in [3.05, 3.63) is 92.8 Å². The fourth-order valence-electron chi connectivity index (χ4n) is 2.74. The normalized spacial score (nSPS) is 10.9. The van der Waals surface area contributed by atoms with E-state index < -0.39 is 0 Å². The summed E-state index contributed by atoms with van der Waals surface area (Å²) >= 11 is 2.26. The zero-order valence-corrected chi connectivity index (χ0v) is 14.8. The molecule has 0 unspecified atom stereocenters. The van der Waals surface area contributed by atoms with Gasteiger partial charge in [0, 0.05) is 9.13 Å². The van der Waals surface area contributed by atoms with Gasteiger partial charge in [0.2, 0.25) is 0 Å². The minimum absolute atomic E-state index is 0.0549. The van der Waals surface area contributed by atoms with Crippen LogP contribution < -0.4 is 5.56 Å². The maximum absolute atomic E-state index is 13.1. The SMILES string of the molecule is O=c1c2ccccc2nc(-c2ccccc2)n1-c1ccc(I)cc1. The van der Waals surface area contributed by atoms with Gasteiger partial charge in [-0.1, -0.05) is 42.5 Å². The van der Waals surface area contributed by atoms with E-state index in [4.69, 9.17) is 4.98 Å². The highest BCUT2D eigenvalue weighted by atomic mass is 127. The van der Waals surface area contributed by atoms with Crippen molar-refractivity contribution in [1.82, 2.24) is 9.55 Å². The van der Waals surface area contributed by atoms with Crippen LogP contribution in [-0.2, 0) is 0 Å². The number of halogens is 1. The molecule has 0 saturated carbocycles. The van der Waals surface area contributed by atoms with Crippen LogP contribution in [0.2, 0.25) is 0 Å². The van der Waals surface area contributed by atoms with Gasteiger partial charge < -0.3 is 0 Å². The van der Waals surface area contributed by atoms with Crippen molar-refractivity contribution in [1.29, 1.82) is 0 Å². The summed E-state index contributed by atoms with van der Waals surface area (Å²) in [4.78, 5) is 17.9. The number of nitrogens with zero attached hydrogens (tertiary/aromatic N) is 2. The molecule has 3 aromatic carbocycles. The molecule has 1 heterocycles. The number of hydrogen-bond donors (Lipinski definition) is 0.